The molecule has 2 amide bonds. The summed E-state index contributed by atoms with van der Waals surface area (Å²) in [7, 11) is 3.06. The zero-order chi connectivity index (χ0) is 20.1. The van der Waals surface area contributed by atoms with Crippen LogP contribution in [0.3, 0.4) is 0 Å². The van der Waals surface area contributed by atoms with Gasteiger partial charge in [-0.2, -0.15) is 0 Å². The number of rotatable bonds is 12. The van der Waals surface area contributed by atoms with E-state index in [1.165, 1.54) is 23.9 Å². The minimum atomic E-state index is -0.728. The Kier molecular flexibility index (Phi) is 12.5. The molecule has 26 heavy (non-hydrogen) atoms. The van der Waals surface area contributed by atoms with Crippen molar-refractivity contribution in [3.05, 3.63) is 0 Å². The summed E-state index contributed by atoms with van der Waals surface area (Å²) in [6, 6.07) is -1.44. The molecule has 0 N–H and O–H groups in total. The molecule has 0 aromatic rings. The van der Waals surface area contributed by atoms with E-state index in [-0.39, 0.29) is 5.91 Å². The molecule has 0 saturated heterocycles. The highest BCUT2D eigenvalue weighted by molar-refractivity contribution is 5.89. The molecule has 0 spiro atoms. The Bertz CT molecular complexity index is 442. The lowest BCUT2D eigenvalue weighted by atomic mass is 10.2. The number of amides is 2. The molecule has 152 valence electrons. The number of esters is 1. The topological polar surface area (TPSA) is 76.2 Å². The summed E-state index contributed by atoms with van der Waals surface area (Å²) in [6.07, 6.45) is 5.24. The molecule has 2 atom stereocenters. The molecule has 0 aromatic carbocycles. The Balaban J connectivity index is 4.47. The van der Waals surface area contributed by atoms with Crippen molar-refractivity contribution in [3.63, 3.8) is 0 Å². The molecular formula is C19H36N2O5. The van der Waals surface area contributed by atoms with Gasteiger partial charge in [-0.05, 0) is 26.7 Å². The average Bonchev–Trinajstić information content (AvgIpc) is 2.64. The van der Waals surface area contributed by atoms with Gasteiger partial charge in [0.1, 0.15) is 12.1 Å². The fourth-order valence-electron chi connectivity index (χ4n) is 2.20. The lowest BCUT2D eigenvalue weighted by Gasteiger charge is -2.30. The summed E-state index contributed by atoms with van der Waals surface area (Å²) < 4.78 is 10.3. The molecule has 7 heteroatoms. The minimum absolute atomic E-state index is 0.331. The Morgan fingerprint density at radius 3 is 1.92 bits per heavy atom. The highest BCUT2D eigenvalue weighted by Crippen LogP contribution is 2.08. The molecular weight excluding hydrogens is 336 g/mol. The first-order valence-electron chi connectivity index (χ1n) is 9.60. The van der Waals surface area contributed by atoms with Crippen LogP contribution in [0.1, 0.15) is 66.2 Å². The first kappa shape index (κ1) is 24.2. The number of unbranched alkanes of at least 4 members (excludes halogenated alkanes) is 4. The van der Waals surface area contributed by atoms with E-state index < -0.39 is 24.1 Å². The predicted octanol–water partition coefficient (Wildman–Crippen LogP) is 3.21. The zero-order valence-electron chi connectivity index (χ0n) is 17.2. The van der Waals surface area contributed by atoms with E-state index in [9.17, 15) is 14.4 Å². The van der Waals surface area contributed by atoms with Crippen molar-refractivity contribution in [3.8, 4) is 0 Å². The second-order valence-electron chi connectivity index (χ2n) is 6.61. The van der Waals surface area contributed by atoms with Crippen LogP contribution in [0.4, 0.5) is 4.79 Å². The smallest absolute Gasteiger partial charge is 0.410 e. The molecule has 0 aliphatic carbocycles. The fraction of sp³-hybridized carbons (Fsp3) is 0.842. The number of carbonyl (C=O) groups is 3. The van der Waals surface area contributed by atoms with Gasteiger partial charge >= 0.3 is 12.1 Å². The van der Waals surface area contributed by atoms with E-state index in [4.69, 9.17) is 9.47 Å². The van der Waals surface area contributed by atoms with Crippen LogP contribution in [0.15, 0.2) is 0 Å². The summed E-state index contributed by atoms with van der Waals surface area (Å²) in [5.41, 5.74) is 0. The monoisotopic (exact) mass is 372 g/mol. The maximum Gasteiger partial charge on any atom is 0.410 e. The van der Waals surface area contributed by atoms with Crippen molar-refractivity contribution < 1.29 is 23.9 Å². The average molecular weight is 373 g/mol. The van der Waals surface area contributed by atoms with Gasteiger partial charge in [-0.3, -0.25) is 9.69 Å². The van der Waals surface area contributed by atoms with Crippen LogP contribution in [0.2, 0.25) is 0 Å². The van der Waals surface area contributed by atoms with Gasteiger partial charge in [0.05, 0.1) is 13.2 Å². The largest absolute Gasteiger partial charge is 0.464 e. The van der Waals surface area contributed by atoms with Crippen LogP contribution in [-0.4, -0.2) is 67.2 Å². The highest BCUT2D eigenvalue weighted by Gasteiger charge is 2.31. The Hall–Kier alpha value is -1.79. The molecule has 0 rings (SSSR count). The second kappa shape index (κ2) is 13.4. The molecule has 2 unspecified atom stereocenters. The summed E-state index contributed by atoms with van der Waals surface area (Å²) >= 11 is 0. The molecule has 0 aromatic heterocycles. The van der Waals surface area contributed by atoms with E-state index in [1.54, 1.807) is 13.8 Å². The standard InChI is InChI=1S/C19H36N2O5/c1-7-9-11-12-14-25-18(23)16(4)20(5)17(22)15(3)21(6)19(24)26-13-10-8-2/h15-16H,7-14H2,1-6H3. The predicted molar refractivity (Wildman–Crippen MR) is 101 cm³/mol. The maximum absolute atomic E-state index is 12.5. The van der Waals surface area contributed by atoms with Crippen LogP contribution in [-0.2, 0) is 19.1 Å². The Morgan fingerprint density at radius 2 is 1.35 bits per heavy atom. The van der Waals surface area contributed by atoms with Crippen molar-refractivity contribution in [2.45, 2.75) is 78.3 Å². The van der Waals surface area contributed by atoms with Crippen molar-refractivity contribution >= 4 is 18.0 Å². The van der Waals surface area contributed by atoms with Crippen molar-refractivity contribution in [2.24, 2.45) is 0 Å². The molecule has 0 fully saturated rings. The van der Waals surface area contributed by atoms with Crippen LogP contribution < -0.4 is 0 Å². The van der Waals surface area contributed by atoms with E-state index >= 15 is 0 Å². The minimum Gasteiger partial charge on any atom is -0.464 e. The lowest BCUT2D eigenvalue weighted by molar-refractivity contribution is -0.154. The van der Waals surface area contributed by atoms with Crippen molar-refractivity contribution in [1.29, 1.82) is 0 Å². The van der Waals surface area contributed by atoms with Gasteiger partial charge in [-0.25, -0.2) is 9.59 Å². The number of hydrogen-bond acceptors (Lipinski definition) is 5. The third-order valence-corrected chi connectivity index (χ3v) is 4.46. The number of carbonyl (C=O) groups excluding carboxylic acids is 3. The summed E-state index contributed by atoms with van der Waals surface area (Å²) in [4.78, 5) is 39.2. The number of likely N-dealkylation sites (N-methyl/N-ethyl adjacent to an activating group) is 2. The van der Waals surface area contributed by atoms with Gasteiger partial charge in [0.15, 0.2) is 0 Å². The van der Waals surface area contributed by atoms with Crippen LogP contribution in [0.25, 0.3) is 0 Å². The number of ether oxygens (including phenoxy) is 2. The zero-order valence-corrected chi connectivity index (χ0v) is 17.2. The lowest BCUT2D eigenvalue weighted by Crippen LogP contribution is -2.51. The van der Waals surface area contributed by atoms with Gasteiger partial charge in [0.25, 0.3) is 0 Å². The molecule has 0 aliphatic heterocycles. The quantitative estimate of drug-likeness (QED) is 0.388. The molecule has 0 bridgehead atoms. The van der Waals surface area contributed by atoms with Crippen molar-refractivity contribution in [1.82, 2.24) is 9.80 Å². The molecule has 0 radical (unpaired) electrons. The van der Waals surface area contributed by atoms with Gasteiger partial charge in [0, 0.05) is 14.1 Å². The summed E-state index contributed by atoms with van der Waals surface area (Å²) in [5, 5.41) is 0. The SMILES string of the molecule is CCCCCCOC(=O)C(C)N(C)C(=O)C(C)N(C)C(=O)OCCCC. The molecule has 7 nitrogen and oxygen atoms in total. The Morgan fingerprint density at radius 1 is 0.769 bits per heavy atom. The van der Waals surface area contributed by atoms with Gasteiger partial charge < -0.3 is 14.4 Å². The number of nitrogens with zero attached hydrogens (tertiary/aromatic N) is 2. The second-order valence-corrected chi connectivity index (χ2v) is 6.61. The van der Waals surface area contributed by atoms with E-state index in [1.807, 2.05) is 6.92 Å². The third kappa shape index (κ3) is 8.54. The Labute approximate surface area is 158 Å². The summed E-state index contributed by atoms with van der Waals surface area (Å²) in [5.74, 6) is -0.770. The first-order chi connectivity index (χ1) is 12.3. The van der Waals surface area contributed by atoms with E-state index in [2.05, 4.69) is 6.92 Å². The van der Waals surface area contributed by atoms with E-state index in [0.29, 0.717) is 13.2 Å². The number of hydrogen-bond donors (Lipinski definition) is 0. The third-order valence-electron chi connectivity index (χ3n) is 4.46. The van der Waals surface area contributed by atoms with Crippen molar-refractivity contribution in [2.75, 3.05) is 27.3 Å². The van der Waals surface area contributed by atoms with Gasteiger partial charge in [-0.15, -0.1) is 0 Å². The highest BCUT2D eigenvalue weighted by atomic mass is 16.6. The fourth-order valence-corrected chi connectivity index (χ4v) is 2.20. The van der Waals surface area contributed by atoms with Crippen LogP contribution in [0, 0.1) is 0 Å². The maximum atomic E-state index is 12.5. The first-order valence-corrected chi connectivity index (χ1v) is 9.60. The summed E-state index contributed by atoms with van der Waals surface area (Å²) in [6.45, 7) is 8.05. The normalized spacial score (nSPS) is 12.8. The van der Waals surface area contributed by atoms with Crippen LogP contribution in [0.5, 0.6) is 0 Å². The molecule has 0 heterocycles. The molecule has 0 saturated carbocycles. The van der Waals surface area contributed by atoms with Gasteiger partial charge in [-0.1, -0.05) is 39.5 Å². The van der Waals surface area contributed by atoms with E-state index in [0.717, 1.165) is 38.5 Å². The van der Waals surface area contributed by atoms with Crippen LogP contribution >= 0.6 is 0 Å². The van der Waals surface area contributed by atoms with Gasteiger partial charge in [0.2, 0.25) is 5.91 Å². The molecule has 0 aliphatic rings.